The van der Waals surface area contributed by atoms with Gasteiger partial charge in [-0.2, -0.15) is 8.42 Å². The van der Waals surface area contributed by atoms with Gasteiger partial charge in [-0.05, 0) is 66.6 Å². The van der Waals surface area contributed by atoms with Crippen LogP contribution in [0.3, 0.4) is 0 Å². The molecule has 0 spiro atoms. The van der Waals surface area contributed by atoms with Gasteiger partial charge in [-0.15, -0.1) is 0 Å². The molecule has 176 valence electrons. The number of hydrogen-bond acceptors (Lipinski definition) is 5. The number of benzene rings is 3. The number of pyridine rings is 1. The number of aromatic nitrogens is 2. The Bertz CT molecular complexity index is 1600. The first-order valence-corrected chi connectivity index (χ1v) is 12.7. The highest BCUT2D eigenvalue weighted by Gasteiger charge is 2.19. The summed E-state index contributed by atoms with van der Waals surface area (Å²) in [7, 11) is -4.02. The molecule has 1 N–H and O–H groups in total. The molecule has 8 heteroatoms. The van der Waals surface area contributed by atoms with Crippen molar-refractivity contribution in [1.82, 2.24) is 9.38 Å². The number of fused-ring (bicyclic) bond motifs is 1. The van der Waals surface area contributed by atoms with Gasteiger partial charge in [-0.25, -0.2) is 4.98 Å². The monoisotopic (exact) mass is 503 g/mol. The third-order valence-corrected chi connectivity index (χ3v) is 7.01. The number of anilines is 1. The number of imidazole rings is 1. The summed E-state index contributed by atoms with van der Waals surface area (Å²) in [6.07, 6.45) is 1.97. The molecular weight excluding hydrogens is 482 g/mol. The minimum absolute atomic E-state index is 0.0284. The maximum Gasteiger partial charge on any atom is 0.339 e. The van der Waals surface area contributed by atoms with Gasteiger partial charge >= 0.3 is 10.1 Å². The molecular formula is C27H22ClN3O3S. The zero-order chi connectivity index (χ0) is 24.4. The Morgan fingerprint density at radius 2 is 1.71 bits per heavy atom. The van der Waals surface area contributed by atoms with E-state index in [2.05, 4.69) is 17.4 Å². The molecule has 35 heavy (non-hydrogen) atoms. The predicted octanol–water partition coefficient (Wildman–Crippen LogP) is 6.34. The van der Waals surface area contributed by atoms with Crippen molar-refractivity contribution < 1.29 is 12.6 Å². The van der Waals surface area contributed by atoms with E-state index in [1.165, 1.54) is 24.3 Å². The summed E-state index contributed by atoms with van der Waals surface area (Å²) in [5.41, 5.74) is 4.43. The van der Waals surface area contributed by atoms with Crippen LogP contribution in [0.5, 0.6) is 5.75 Å². The molecule has 5 aromatic rings. The quantitative estimate of drug-likeness (QED) is 0.262. The van der Waals surface area contributed by atoms with Gasteiger partial charge in [0.05, 0.1) is 0 Å². The highest BCUT2D eigenvalue weighted by Crippen LogP contribution is 2.32. The lowest BCUT2D eigenvalue weighted by Gasteiger charge is -2.11. The average Bonchev–Trinajstić information content (AvgIpc) is 3.21. The van der Waals surface area contributed by atoms with Gasteiger partial charge in [0.1, 0.15) is 27.8 Å². The van der Waals surface area contributed by atoms with E-state index in [-0.39, 0.29) is 10.6 Å². The lowest BCUT2D eigenvalue weighted by molar-refractivity contribution is 0.486. The topological polar surface area (TPSA) is 72.7 Å². The number of nitrogens with one attached hydrogen (secondary N) is 1. The van der Waals surface area contributed by atoms with E-state index in [1.807, 2.05) is 53.9 Å². The molecule has 0 saturated carbocycles. The maximum atomic E-state index is 12.8. The molecule has 0 radical (unpaired) electrons. The fraction of sp³-hybridized carbons (Fsp3) is 0.0741. The SMILES string of the molecule is Cc1ccn2c(NCc3ccccc3)c(-c3cccc(OS(=O)(=O)c4ccc(Cl)cc4)c3)nc2c1. The fourth-order valence-corrected chi connectivity index (χ4v) is 4.82. The van der Waals surface area contributed by atoms with Crippen LogP contribution < -0.4 is 9.50 Å². The van der Waals surface area contributed by atoms with Gasteiger partial charge in [0.15, 0.2) is 0 Å². The van der Waals surface area contributed by atoms with Crippen LogP contribution in [-0.4, -0.2) is 17.8 Å². The van der Waals surface area contributed by atoms with E-state index >= 15 is 0 Å². The highest BCUT2D eigenvalue weighted by atomic mass is 35.5. The van der Waals surface area contributed by atoms with Crippen LogP contribution in [0.4, 0.5) is 5.82 Å². The molecule has 3 aromatic carbocycles. The Balaban J connectivity index is 1.51. The van der Waals surface area contributed by atoms with Gasteiger partial charge in [0.2, 0.25) is 0 Å². The molecule has 2 aromatic heterocycles. The summed E-state index contributed by atoms with van der Waals surface area (Å²) in [5, 5.41) is 3.95. The fourth-order valence-electron chi connectivity index (χ4n) is 3.77. The van der Waals surface area contributed by atoms with Crippen LogP contribution in [0.15, 0.2) is 102 Å². The molecule has 0 aliphatic rings. The largest absolute Gasteiger partial charge is 0.379 e. The third kappa shape index (κ3) is 5.01. The maximum absolute atomic E-state index is 12.8. The normalized spacial score (nSPS) is 11.5. The second-order valence-electron chi connectivity index (χ2n) is 8.10. The minimum Gasteiger partial charge on any atom is -0.379 e. The standard InChI is InChI=1S/C27H22ClN3O3S/c1-19-14-15-31-25(16-19)30-26(27(31)29-18-20-6-3-2-4-7-20)21-8-5-9-23(17-21)34-35(32,33)24-12-10-22(28)11-13-24/h2-17,29H,18H2,1H3. The number of halogens is 1. The van der Waals surface area contributed by atoms with Gasteiger partial charge in [0, 0.05) is 23.3 Å². The minimum atomic E-state index is -4.02. The molecule has 0 atom stereocenters. The Kier molecular flexibility index (Phi) is 6.19. The summed E-state index contributed by atoms with van der Waals surface area (Å²) in [5.74, 6) is 1.00. The van der Waals surface area contributed by atoms with E-state index in [9.17, 15) is 8.42 Å². The number of aryl methyl sites for hydroxylation is 1. The van der Waals surface area contributed by atoms with E-state index in [1.54, 1.807) is 18.2 Å². The molecule has 0 amide bonds. The number of hydrogen-bond donors (Lipinski definition) is 1. The van der Waals surface area contributed by atoms with E-state index < -0.39 is 10.1 Å². The zero-order valence-electron chi connectivity index (χ0n) is 18.9. The van der Waals surface area contributed by atoms with Gasteiger partial charge < -0.3 is 9.50 Å². The molecule has 0 aliphatic heterocycles. The summed E-state index contributed by atoms with van der Waals surface area (Å²) >= 11 is 5.88. The van der Waals surface area contributed by atoms with Crippen molar-refractivity contribution in [2.24, 2.45) is 0 Å². The van der Waals surface area contributed by atoms with Crippen molar-refractivity contribution >= 4 is 33.2 Å². The van der Waals surface area contributed by atoms with Crippen molar-refractivity contribution in [3.63, 3.8) is 0 Å². The first-order chi connectivity index (χ1) is 16.9. The molecule has 6 nitrogen and oxygen atoms in total. The second-order valence-corrected chi connectivity index (χ2v) is 10.1. The van der Waals surface area contributed by atoms with Crippen LogP contribution in [0.25, 0.3) is 16.9 Å². The van der Waals surface area contributed by atoms with Crippen molar-refractivity contribution in [3.05, 3.63) is 113 Å². The van der Waals surface area contributed by atoms with Crippen LogP contribution in [0.2, 0.25) is 5.02 Å². The molecule has 0 fully saturated rings. The smallest absolute Gasteiger partial charge is 0.339 e. The molecule has 0 aliphatic carbocycles. The first kappa shape index (κ1) is 23.0. The second kappa shape index (κ2) is 9.44. The number of rotatable bonds is 7. The van der Waals surface area contributed by atoms with Crippen LogP contribution in [0, 0.1) is 6.92 Å². The third-order valence-electron chi connectivity index (χ3n) is 5.50. The molecule has 0 saturated heterocycles. The van der Waals surface area contributed by atoms with E-state index in [0.717, 1.165) is 28.2 Å². The Labute approximate surface area is 208 Å². The summed E-state index contributed by atoms with van der Waals surface area (Å²) < 4.78 is 33.0. The summed E-state index contributed by atoms with van der Waals surface area (Å²) in [4.78, 5) is 4.87. The van der Waals surface area contributed by atoms with Crippen LogP contribution >= 0.6 is 11.6 Å². The van der Waals surface area contributed by atoms with E-state index in [0.29, 0.717) is 17.3 Å². The molecule has 0 unspecified atom stereocenters. The van der Waals surface area contributed by atoms with Gasteiger partial charge in [-0.3, -0.25) is 4.40 Å². The van der Waals surface area contributed by atoms with Crippen molar-refractivity contribution in [1.29, 1.82) is 0 Å². The molecule has 2 heterocycles. The van der Waals surface area contributed by atoms with Crippen molar-refractivity contribution in [2.45, 2.75) is 18.4 Å². The number of nitrogens with zero attached hydrogens (tertiary/aromatic N) is 2. The summed E-state index contributed by atoms with van der Waals surface area (Å²) in [6.45, 7) is 2.62. The lowest BCUT2D eigenvalue weighted by atomic mass is 10.1. The van der Waals surface area contributed by atoms with Crippen LogP contribution in [-0.2, 0) is 16.7 Å². The van der Waals surface area contributed by atoms with Gasteiger partial charge in [-0.1, -0.05) is 54.1 Å². The van der Waals surface area contributed by atoms with Crippen molar-refractivity contribution in [2.75, 3.05) is 5.32 Å². The Hall–Kier alpha value is -3.81. The molecule has 0 bridgehead atoms. The summed E-state index contributed by atoms with van der Waals surface area (Å²) in [6, 6.07) is 26.9. The highest BCUT2D eigenvalue weighted by molar-refractivity contribution is 7.87. The van der Waals surface area contributed by atoms with Crippen LogP contribution in [0.1, 0.15) is 11.1 Å². The zero-order valence-corrected chi connectivity index (χ0v) is 20.4. The van der Waals surface area contributed by atoms with Crippen molar-refractivity contribution in [3.8, 4) is 17.0 Å². The Morgan fingerprint density at radius 3 is 2.49 bits per heavy atom. The predicted molar refractivity (Wildman–Crippen MR) is 138 cm³/mol. The van der Waals surface area contributed by atoms with Gasteiger partial charge in [0.25, 0.3) is 0 Å². The average molecular weight is 504 g/mol. The lowest BCUT2D eigenvalue weighted by Crippen LogP contribution is -2.09. The molecule has 5 rings (SSSR count). The first-order valence-electron chi connectivity index (χ1n) is 11.0. The van der Waals surface area contributed by atoms with E-state index in [4.69, 9.17) is 20.8 Å². The Morgan fingerprint density at radius 1 is 0.943 bits per heavy atom.